The molecule has 6 nitrogen and oxygen atoms in total. The third kappa shape index (κ3) is 5.65. The van der Waals surface area contributed by atoms with Crippen LogP contribution in [0.2, 0.25) is 0 Å². The van der Waals surface area contributed by atoms with Crippen molar-refractivity contribution in [2.45, 2.75) is 10.8 Å². The van der Waals surface area contributed by atoms with Gasteiger partial charge in [-0.1, -0.05) is 65.6 Å². The molecule has 0 atom stereocenters. The summed E-state index contributed by atoms with van der Waals surface area (Å²) in [5, 5.41) is 15.9. The summed E-state index contributed by atoms with van der Waals surface area (Å²) in [5.41, 5.74) is 1.46. The normalized spacial score (nSPS) is 10.7. The fourth-order valence-corrected chi connectivity index (χ4v) is 4.53. The molecule has 0 fully saturated rings. The average molecular weight is 453 g/mol. The monoisotopic (exact) mass is 452 g/mol. The number of nitrogens with one attached hydrogen (secondary N) is 2. The van der Waals surface area contributed by atoms with E-state index in [2.05, 4.69) is 20.8 Å². The highest BCUT2D eigenvalue weighted by atomic mass is 32.2. The van der Waals surface area contributed by atoms with Crippen LogP contribution in [0.15, 0.2) is 71.1 Å². The number of amides is 2. The van der Waals surface area contributed by atoms with E-state index in [-0.39, 0.29) is 29.8 Å². The van der Waals surface area contributed by atoms with Crippen LogP contribution in [0.3, 0.4) is 0 Å². The summed E-state index contributed by atoms with van der Waals surface area (Å²) >= 11 is 2.42. The van der Waals surface area contributed by atoms with Gasteiger partial charge in [0.25, 0.3) is 0 Å². The number of fused-ring (bicyclic) bond motifs is 1. The number of hydrogen-bond acceptors (Lipinski definition) is 6. The summed E-state index contributed by atoms with van der Waals surface area (Å²) in [5.74, 6) is -0.668. The maximum atomic E-state index is 12.9. The Kier molecular flexibility index (Phi) is 6.54. The predicted molar refractivity (Wildman–Crippen MR) is 122 cm³/mol. The molecular formula is C22H17FN4O2S2. The number of rotatable bonds is 7. The quantitative estimate of drug-likeness (QED) is 0.313. The molecule has 1 heterocycles. The summed E-state index contributed by atoms with van der Waals surface area (Å²) < 4.78 is 13.5. The highest BCUT2D eigenvalue weighted by Crippen LogP contribution is 2.26. The van der Waals surface area contributed by atoms with Crippen molar-refractivity contribution < 1.29 is 14.0 Å². The van der Waals surface area contributed by atoms with Crippen LogP contribution in [0.25, 0.3) is 10.8 Å². The number of thioether (sulfide) groups is 1. The average Bonchev–Trinajstić information content (AvgIpc) is 3.21. The lowest BCUT2D eigenvalue weighted by atomic mass is 10.0. The van der Waals surface area contributed by atoms with Crippen LogP contribution in [0.5, 0.6) is 0 Å². The molecule has 0 saturated carbocycles. The molecule has 156 valence electrons. The van der Waals surface area contributed by atoms with Crippen molar-refractivity contribution in [1.82, 2.24) is 10.2 Å². The summed E-state index contributed by atoms with van der Waals surface area (Å²) in [6, 6.07) is 19.3. The lowest BCUT2D eigenvalue weighted by Gasteiger charge is -2.06. The minimum absolute atomic E-state index is 0.121. The van der Waals surface area contributed by atoms with Crippen LogP contribution >= 0.6 is 23.1 Å². The maximum Gasteiger partial charge on any atom is 0.234 e. The first-order valence-corrected chi connectivity index (χ1v) is 11.2. The minimum Gasteiger partial charge on any atom is -0.325 e. The highest BCUT2D eigenvalue weighted by Gasteiger charge is 2.12. The molecule has 0 spiro atoms. The second-order valence-electron chi connectivity index (χ2n) is 6.58. The fraction of sp³-hybridized carbons (Fsp3) is 0.0909. The molecule has 1 aromatic heterocycles. The van der Waals surface area contributed by atoms with Crippen LogP contribution in [-0.2, 0) is 16.0 Å². The van der Waals surface area contributed by atoms with E-state index in [9.17, 15) is 14.0 Å². The van der Waals surface area contributed by atoms with Crippen molar-refractivity contribution in [3.63, 3.8) is 0 Å². The van der Waals surface area contributed by atoms with E-state index >= 15 is 0 Å². The van der Waals surface area contributed by atoms with Crippen molar-refractivity contribution in [2.24, 2.45) is 0 Å². The Balaban J connectivity index is 1.29. The van der Waals surface area contributed by atoms with Gasteiger partial charge in [0.1, 0.15) is 5.82 Å². The molecule has 0 aliphatic carbocycles. The number of carbonyl (C=O) groups is 2. The first kappa shape index (κ1) is 21.0. The van der Waals surface area contributed by atoms with Gasteiger partial charge in [-0.05, 0) is 40.6 Å². The predicted octanol–water partition coefficient (Wildman–Crippen LogP) is 4.74. The molecule has 0 aliphatic heterocycles. The number of benzene rings is 3. The fourth-order valence-electron chi connectivity index (χ4n) is 2.96. The molecule has 2 amide bonds. The lowest BCUT2D eigenvalue weighted by Crippen LogP contribution is -2.14. The molecule has 0 unspecified atom stereocenters. The lowest BCUT2D eigenvalue weighted by molar-refractivity contribution is -0.115. The van der Waals surface area contributed by atoms with Crippen molar-refractivity contribution in [3.8, 4) is 0 Å². The smallest absolute Gasteiger partial charge is 0.234 e. The summed E-state index contributed by atoms with van der Waals surface area (Å²) in [4.78, 5) is 24.5. The molecule has 3 aromatic carbocycles. The highest BCUT2D eigenvalue weighted by molar-refractivity contribution is 8.01. The van der Waals surface area contributed by atoms with Gasteiger partial charge >= 0.3 is 0 Å². The van der Waals surface area contributed by atoms with Gasteiger partial charge in [-0.2, -0.15) is 0 Å². The second kappa shape index (κ2) is 9.67. The van der Waals surface area contributed by atoms with Crippen LogP contribution in [0, 0.1) is 5.82 Å². The minimum atomic E-state index is -0.365. The molecule has 0 radical (unpaired) electrons. The van der Waals surface area contributed by atoms with Crippen LogP contribution in [0.4, 0.5) is 15.2 Å². The molecule has 4 aromatic rings. The van der Waals surface area contributed by atoms with Crippen LogP contribution < -0.4 is 10.6 Å². The van der Waals surface area contributed by atoms with E-state index in [0.717, 1.165) is 16.3 Å². The molecule has 0 bridgehead atoms. The zero-order valence-electron chi connectivity index (χ0n) is 16.2. The van der Waals surface area contributed by atoms with Gasteiger partial charge in [-0.25, -0.2) is 4.39 Å². The summed E-state index contributed by atoms with van der Waals surface area (Å²) in [6.45, 7) is 0. The van der Waals surface area contributed by atoms with Crippen LogP contribution in [-0.4, -0.2) is 27.8 Å². The van der Waals surface area contributed by atoms with Gasteiger partial charge in [0, 0.05) is 5.69 Å². The Hall–Kier alpha value is -3.30. The van der Waals surface area contributed by atoms with Gasteiger partial charge in [-0.3, -0.25) is 9.59 Å². The molecule has 0 saturated heterocycles. The summed E-state index contributed by atoms with van der Waals surface area (Å²) in [7, 11) is 0. The molecular weight excluding hydrogens is 435 g/mol. The molecule has 2 N–H and O–H groups in total. The largest absolute Gasteiger partial charge is 0.325 e. The standard InChI is InChI=1S/C22H17FN4O2S2/c23-16-8-10-17(11-9-16)24-20(29)13-30-22-27-26-21(31-22)25-19(28)12-15-6-3-5-14-4-1-2-7-18(14)15/h1-11H,12-13H2,(H,24,29)(H,25,26,28). The van der Waals surface area contributed by atoms with E-state index in [4.69, 9.17) is 0 Å². The van der Waals surface area contributed by atoms with Crippen molar-refractivity contribution in [2.75, 3.05) is 16.4 Å². The first-order valence-electron chi connectivity index (χ1n) is 9.35. The first-order chi connectivity index (χ1) is 15.1. The Morgan fingerprint density at radius 1 is 0.903 bits per heavy atom. The van der Waals surface area contributed by atoms with E-state index in [0.29, 0.717) is 15.2 Å². The molecule has 4 rings (SSSR count). The zero-order chi connectivity index (χ0) is 21.6. The van der Waals surface area contributed by atoms with Gasteiger partial charge in [0.15, 0.2) is 4.34 Å². The SMILES string of the molecule is O=C(CSc1nnc(NC(=O)Cc2cccc3ccccc23)s1)Nc1ccc(F)cc1. The topological polar surface area (TPSA) is 84.0 Å². The van der Waals surface area contributed by atoms with Crippen LogP contribution in [0.1, 0.15) is 5.56 Å². The van der Waals surface area contributed by atoms with Gasteiger partial charge in [0.2, 0.25) is 16.9 Å². The van der Waals surface area contributed by atoms with Gasteiger partial charge in [-0.15, -0.1) is 10.2 Å². The maximum absolute atomic E-state index is 12.9. The second-order valence-corrected chi connectivity index (χ2v) is 8.78. The number of aromatic nitrogens is 2. The number of hydrogen-bond donors (Lipinski definition) is 2. The van der Waals surface area contributed by atoms with Gasteiger partial charge < -0.3 is 10.6 Å². The number of anilines is 2. The Morgan fingerprint density at radius 3 is 2.52 bits per heavy atom. The van der Waals surface area contributed by atoms with Crippen molar-refractivity contribution >= 4 is 56.5 Å². The van der Waals surface area contributed by atoms with E-state index in [1.807, 2.05) is 42.5 Å². The van der Waals surface area contributed by atoms with Crippen molar-refractivity contribution in [1.29, 1.82) is 0 Å². The van der Waals surface area contributed by atoms with E-state index in [1.165, 1.54) is 47.4 Å². The van der Waals surface area contributed by atoms with E-state index < -0.39 is 0 Å². The number of halogens is 1. The Bertz CT molecular complexity index is 1220. The Morgan fingerprint density at radius 2 is 1.68 bits per heavy atom. The molecule has 9 heteroatoms. The molecule has 0 aliphatic rings. The zero-order valence-corrected chi connectivity index (χ0v) is 17.8. The molecule has 31 heavy (non-hydrogen) atoms. The third-order valence-corrected chi connectivity index (χ3v) is 6.31. The van der Waals surface area contributed by atoms with Crippen molar-refractivity contribution in [3.05, 3.63) is 78.1 Å². The third-order valence-electron chi connectivity index (χ3n) is 4.34. The van der Waals surface area contributed by atoms with E-state index in [1.54, 1.807) is 0 Å². The van der Waals surface area contributed by atoms with Gasteiger partial charge in [0.05, 0.1) is 12.2 Å². The number of carbonyl (C=O) groups excluding carboxylic acids is 2. The summed E-state index contributed by atoms with van der Waals surface area (Å²) in [6.07, 6.45) is 0.226. The number of nitrogens with zero attached hydrogens (tertiary/aromatic N) is 2. The Labute approximate surface area is 185 Å².